The quantitative estimate of drug-likeness (QED) is 0.484. The number of hydrogen-bond acceptors (Lipinski definition) is 9. The molecular weight excluding hydrogens is 338 g/mol. The monoisotopic (exact) mass is 353 g/mol. The van der Waals surface area contributed by atoms with E-state index in [9.17, 15) is 21.6 Å². The normalized spacial score (nSPS) is 12.1. The van der Waals surface area contributed by atoms with Gasteiger partial charge in [0.1, 0.15) is 13.2 Å². The van der Waals surface area contributed by atoms with E-state index in [1.54, 1.807) is 0 Å². The summed E-state index contributed by atoms with van der Waals surface area (Å²) in [5, 5.41) is 0. The van der Waals surface area contributed by atoms with Crippen molar-refractivity contribution in [2.75, 3.05) is 19.6 Å². The van der Waals surface area contributed by atoms with Crippen LogP contribution in [0.25, 0.3) is 0 Å². The third kappa shape index (κ3) is 6.93. The molecule has 0 aliphatic rings. The number of esters is 1. The SMILES string of the molecule is COC(=O)c1cc(COS(C)(=O)=O)nc(COS(C)(=O)=O)c1. The summed E-state index contributed by atoms with van der Waals surface area (Å²) in [7, 11) is -6.22. The van der Waals surface area contributed by atoms with E-state index in [0.717, 1.165) is 12.5 Å². The minimum atomic E-state index is -3.69. The lowest BCUT2D eigenvalue weighted by molar-refractivity contribution is 0.0600. The van der Waals surface area contributed by atoms with Gasteiger partial charge in [0.15, 0.2) is 0 Å². The Kier molecular flexibility index (Phi) is 6.00. The summed E-state index contributed by atoms with van der Waals surface area (Å²) >= 11 is 0. The lowest BCUT2D eigenvalue weighted by Crippen LogP contribution is -2.10. The van der Waals surface area contributed by atoms with E-state index in [1.165, 1.54) is 19.2 Å². The van der Waals surface area contributed by atoms with Crippen LogP contribution < -0.4 is 0 Å². The summed E-state index contributed by atoms with van der Waals surface area (Å²) in [6.45, 7) is -0.814. The number of ether oxygens (including phenoxy) is 1. The number of hydrogen-bond donors (Lipinski definition) is 0. The zero-order chi connectivity index (χ0) is 17.0. The first-order valence-electron chi connectivity index (χ1n) is 5.77. The number of carbonyl (C=O) groups excluding carboxylic acids is 1. The Morgan fingerprint density at radius 3 is 1.73 bits per heavy atom. The predicted molar refractivity (Wildman–Crippen MR) is 74.8 cm³/mol. The molecule has 0 fully saturated rings. The van der Waals surface area contributed by atoms with Gasteiger partial charge in [0, 0.05) is 0 Å². The van der Waals surface area contributed by atoms with Crippen LogP contribution in [0.4, 0.5) is 0 Å². The van der Waals surface area contributed by atoms with Gasteiger partial charge in [-0.25, -0.2) is 4.79 Å². The molecule has 1 rings (SSSR count). The average Bonchev–Trinajstić information content (AvgIpc) is 2.40. The largest absolute Gasteiger partial charge is 0.465 e. The molecule has 11 heteroatoms. The fraction of sp³-hybridized carbons (Fsp3) is 0.455. The van der Waals surface area contributed by atoms with Crippen molar-refractivity contribution in [2.24, 2.45) is 0 Å². The van der Waals surface area contributed by atoms with Crippen molar-refractivity contribution < 1.29 is 34.7 Å². The fourth-order valence-electron chi connectivity index (χ4n) is 1.37. The van der Waals surface area contributed by atoms with Crippen molar-refractivity contribution in [2.45, 2.75) is 13.2 Å². The molecule has 0 bridgehead atoms. The molecule has 0 radical (unpaired) electrons. The number of methoxy groups -OCH3 is 1. The average molecular weight is 353 g/mol. The van der Waals surface area contributed by atoms with Crippen molar-refractivity contribution in [3.05, 3.63) is 29.1 Å². The van der Waals surface area contributed by atoms with Gasteiger partial charge in [0.05, 0.1) is 36.6 Å². The molecule has 0 unspecified atom stereocenters. The zero-order valence-corrected chi connectivity index (χ0v) is 13.7. The van der Waals surface area contributed by atoms with E-state index in [0.29, 0.717) is 0 Å². The van der Waals surface area contributed by atoms with Gasteiger partial charge in [-0.2, -0.15) is 16.8 Å². The summed E-state index contributed by atoms with van der Waals surface area (Å²) in [6, 6.07) is 2.56. The van der Waals surface area contributed by atoms with Gasteiger partial charge in [-0.05, 0) is 12.1 Å². The standard InChI is InChI=1S/C11H15NO8S2/c1-18-11(13)8-4-9(6-19-21(2,14)15)12-10(5-8)7-20-22(3,16)17/h4-5H,6-7H2,1-3H3. The van der Waals surface area contributed by atoms with E-state index in [-0.39, 0.29) is 17.0 Å². The minimum absolute atomic E-state index is 0.0664. The van der Waals surface area contributed by atoms with Crippen LogP contribution in [0.2, 0.25) is 0 Å². The molecule has 1 heterocycles. The number of nitrogens with zero attached hydrogens (tertiary/aromatic N) is 1. The van der Waals surface area contributed by atoms with Crippen molar-refractivity contribution in [3.63, 3.8) is 0 Å². The van der Waals surface area contributed by atoms with Gasteiger partial charge in [-0.1, -0.05) is 0 Å². The molecule has 0 aromatic carbocycles. The van der Waals surface area contributed by atoms with Crippen molar-refractivity contribution in [3.8, 4) is 0 Å². The van der Waals surface area contributed by atoms with E-state index in [2.05, 4.69) is 18.1 Å². The van der Waals surface area contributed by atoms with Crippen LogP contribution >= 0.6 is 0 Å². The van der Waals surface area contributed by atoms with Gasteiger partial charge in [-0.15, -0.1) is 0 Å². The molecule has 22 heavy (non-hydrogen) atoms. The molecule has 0 spiro atoms. The predicted octanol–water partition coefficient (Wildman–Crippen LogP) is -0.179. The van der Waals surface area contributed by atoms with Crippen molar-refractivity contribution in [1.82, 2.24) is 4.98 Å². The molecule has 9 nitrogen and oxygen atoms in total. The van der Waals surface area contributed by atoms with E-state index >= 15 is 0 Å². The molecule has 1 aromatic rings. The number of rotatable bonds is 7. The van der Waals surface area contributed by atoms with Gasteiger partial charge in [0.2, 0.25) is 0 Å². The molecule has 124 valence electrons. The van der Waals surface area contributed by atoms with Crippen LogP contribution in [0.5, 0.6) is 0 Å². The second-order valence-electron chi connectivity index (χ2n) is 4.26. The Balaban J connectivity index is 3.07. The van der Waals surface area contributed by atoms with Crippen molar-refractivity contribution >= 4 is 26.2 Å². The Labute approximate surface area is 128 Å². The Bertz CT molecular complexity index is 700. The minimum Gasteiger partial charge on any atom is -0.465 e. The van der Waals surface area contributed by atoms with Crippen LogP contribution in [0.15, 0.2) is 12.1 Å². The Morgan fingerprint density at radius 2 is 1.41 bits per heavy atom. The highest BCUT2D eigenvalue weighted by molar-refractivity contribution is 7.86. The second kappa shape index (κ2) is 7.13. The summed E-state index contributed by atoms with van der Waals surface area (Å²) in [6.07, 6.45) is 1.73. The Morgan fingerprint density at radius 1 is 1.00 bits per heavy atom. The first-order chi connectivity index (χ1) is 10.00. The first kappa shape index (κ1) is 18.5. The van der Waals surface area contributed by atoms with Crippen LogP contribution in [0.1, 0.15) is 21.7 Å². The highest BCUT2D eigenvalue weighted by atomic mass is 32.2. The van der Waals surface area contributed by atoms with Gasteiger partial charge in [0.25, 0.3) is 20.2 Å². The third-order valence-corrected chi connectivity index (χ3v) is 3.29. The molecule has 0 amide bonds. The molecule has 0 saturated carbocycles. The molecule has 0 aliphatic heterocycles. The second-order valence-corrected chi connectivity index (χ2v) is 7.55. The highest BCUT2D eigenvalue weighted by Crippen LogP contribution is 2.11. The Hall–Kier alpha value is -1.56. The lowest BCUT2D eigenvalue weighted by atomic mass is 10.2. The number of carbonyl (C=O) groups is 1. The molecule has 1 aromatic heterocycles. The lowest BCUT2D eigenvalue weighted by Gasteiger charge is -2.08. The number of pyridine rings is 1. The summed E-state index contributed by atoms with van der Waals surface area (Å²) in [5.74, 6) is -0.691. The molecule has 0 aliphatic carbocycles. The first-order valence-corrected chi connectivity index (χ1v) is 9.40. The van der Waals surface area contributed by atoms with Crippen LogP contribution in [-0.4, -0.2) is 47.4 Å². The molecule has 0 atom stereocenters. The molecular formula is C11H15NO8S2. The summed E-state index contributed by atoms with van der Waals surface area (Å²) in [4.78, 5) is 15.5. The smallest absolute Gasteiger partial charge is 0.337 e. The molecule has 0 N–H and O–H groups in total. The maximum atomic E-state index is 11.6. The van der Waals surface area contributed by atoms with Crippen LogP contribution in [-0.2, 0) is 46.6 Å². The number of aromatic nitrogens is 1. The maximum Gasteiger partial charge on any atom is 0.337 e. The van der Waals surface area contributed by atoms with E-state index in [1.807, 2.05) is 0 Å². The summed E-state index contributed by atoms with van der Waals surface area (Å²) in [5.41, 5.74) is 0.289. The van der Waals surface area contributed by atoms with Crippen LogP contribution in [0, 0.1) is 0 Å². The zero-order valence-electron chi connectivity index (χ0n) is 12.1. The van der Waals surface area contributed by atoms with Crippen molar-refractivity contribution in [1.29, 1.82) is 0 Å². The van der Waals surface area contributed by atoms with Crippen LogP contribution in [0.3, 0.4) is 0 Å². The molecule has 0 saturated heterocycles. The highest BCUT2D eigenvalue weighted by Gasteiger charge is 2.13. The fourth-order valence-corrected chi connectivity index (χ4v) is 2.04. The van der Waals surface area contributed by atoms with Gasteiger partial charge < -0.3 is 4.74 Å². The van der Waals surface area contributed by atoms with Gasteiger partial charge >= 0.3 is 5.97 Å². The van der Waals surface area contributed by atoms with E-state index < -0.39 is 39.4 Å². The summed E-state index contributed by atoms with van der Waals surface area (Å²) < 4.78 is 57.6. The topological polar surface area (TPSA) is 126 Å². The van der Waals surface area contributed by atoms with Gasteiger partial charge in [-0.3, -0.25) is 13.4 Å². The van der Waals surface area contributed by atoms with E-state index in [4.69, 9.17) is 0 Å². The maximum absolute atomic E-state index is 11.6. The third-order valence-electron chi connectivity index (χ3n) is 2.19.